The molecule has 1 aromatic rings. The number of halogens is 1. The second kappa shape index (κ2) is 6.87. The fourth-order valence-corrected chi connectivity index (χ4v) is 3.89. The smallest absolute Gasteiger partial charge is 0.293 e. The number of hydrogen-bond acceptors (Lipinski definition) is 7. The van der Waals surface area contributed by atoms with Crippen LogP contribution in [0.4, 0.5) is 5.69 Å². The van der Waals surface area contributed by atoms with Gasteiger partial charge >= 0.3 is 0 Å². The van der Waals surface area contributed by atoms with Crippen LogP contribution in [0.15, 0.2) is 17.0 Å². The van der Waals surface area contributed by atoms with Gasteiger partial charge in [0.25, 0.3) is 5.69 Å². The molecule has 2 aliphatic rings. The first-order valence-corrected chi connectivity index (χ1v) is 8.27. The van der Waals surface area contributed by atoms with Crippen molar-refractivity contribution in [3.8, 4) is 11.5 Å². The number of hydrogen-bond donors (Lipinski definition) is 2. The lowest BCUT2D eigenvalue weighted by Gasteiger charge is -2.19. The third-order valence-corrected chi connectivity index (χ3v) is 5.04. The van der Waals surface area contributed by atoms with E-state index in [-0.39, 0.29) is 43.2 Å². The Bertz CT molecular complexity index is 705. The topological polar surface area (TPSA) is 120 Å². The average Bonchev–Trinajstić information content (AvgIpc) is 2.98. The van der Waals surface area contributed by atoms with Crippen LogP contribution in [0.2, 0.25) is 0 Å². The predicted octanol–water partition coefficient (Wildman–Crippen LogP) is 0.428. The van der Waals surface area contributed by atoms with Gasteiger partial charge in [-0.25, -0.2) is 13.1 Å². The highest BCUT2D eigenvalue weighted by Gasteiger charge is 2.32. The molecule has 1 atom stereocenters. The molecule has 0 saturated carbocycles. The van der Waals surface area contributed by atoms with Crippen molar-refractivity contribution in [3.05, 3.63) is 22.2 Å². The van der Waals surface area contributed by atoms with E-state index in [4.69, 9.17) is 9.47 Å². The summed E-state index contributed by atoms with van der Waals surface area (Å²) in [6.45, 7) is 1.74. The van der Waals surface area contributed by atoms with Crippen LogP contribution in [-0.4, -0.2) is 45.7 Å². The minimum Gasteiger partial charge on any atom is -0.486 e. The van der Waals surface area contributed by atoms with Gasteiger partial charge in [-0.05, 0) is 13.0 Å². The maximum Gasteiger partial charge on any atom is 0.293 e. The summed E-state index contributed by atoms with van der Waals surface area (Å²) in [5.74, 6) is 0.376. The first kappa shape index (κ1) is 17.7. The summed E-state index contributed by atoms with van der Waals surface area (Å²) in [4.78, 5) is 10.1. The van der Waals surface area contributed by atoms with Crippen molar-refractivity contribution in [2.75, 3.05) is 26.3 Å². The monoisotopic (exact) mass is 365 g/mol. The molecule has 9 nitrogen and oxygen atoms in total. The third-order valence-electron chi connectivity index (χ3n) is 3.49. The molecule has 23 heavy (non-hydrogen) atoms. The molecular weight excluding hydrogens is 350 g/mol. The van der Waals surface area contributed by atoms with Crippen molar-refractivity contribution < 1.29 is 22.8 Å². The summed E-state index contributed by atoms with van der Waals surface area (Å²) >= 11 is 0. The van der Waals surface area contributed by atoms with Crippen LogP contribution in [-0.2, 0) is 10.0 Å². The molecule has 0 radical (unpaired) electrons. The maximum atomic E-state index is 12.5. The quantitative estimate of drug-likeness (QED) is 0.586. The molecule has 3 rings (SSSR count). The number of benzene rings is 1. The number of rotatable bonds is 4. The van der Waals surface area contributed by atoms with Crippen molar-refractivity contribution in [1.82, 2.24) is 10.0 Å². The van der Waals surface area contributed by atoms with Crippen LogP contribution in [0.1, 0.15) is 6.42 Å². The average molecular weight is 366 g/mol. The molecule has 11 heteroatoms. The Balaban J connectivity index is 0.00000192. The van der Waals surface area contributed by atoms with E-state index in [0.717, 1.165) is 12.1 Å². The highest BCUT2D eigenvalue weighted by molar-refractivity contribution is 7.89. The van der Waals surface area contributed by atoms with E-state index in [1.165, 1.54) is 0 Å². The van der Waals surface area contributed by atoms with Gasteiger partial charge in [0.05, 0.1) is 11.0 Å². The number of sulfonamides is 1. The van der Waals surface area contributed by atoms with Gasteiger partial charge in [-0.3, -0.25) is 10.1 Å². The Morgan fingerprint density at radius 1 is 1.26 bits per heavy atom. The van der Waals surface area contributed by atoms with Crippen molar-refractivity contribution in [1.29, 1.82) is 0 Å². The fraction of sp³-hybridized carbons (Fsp3) is 0.500. The lowest BCUT2D eigenvalue weighted by molar-refractivity contribution is -0.388. The van der Waals surface area contributed by atoms with Gasteiger partial charge in [0, 0.05) is 18.7 Å². The van der Waals surface area contributed by atoms with E-state index in [9.17, 15) is 18.5 Å². The Morgan fingerprint density at radius 3 is 2.48 bits per heavy atom. The van der Waals surface area contributed by atoms with Gasteiger partial charge in [-0.1, -0.05) is 0 Å². The Hall–Kier alpha value is -1.62. The number of nitro benzene ring substituents is 1. The Kier molecular flexibility index (Phi) is 5.30. The summed E-state index contributed by atoms with van der Waals surface area (Å²) in [5.41, 5.74) is -0.525. The van der Waals surface area contributed by atoms with E-state index >= 15 is 0 Å². The molecule has 0 bridgehead atoms. The Labute approximate surface area is 139 Å². The largest absolute Gasteiger partial charge is 0.486 e. The van der Waals surface area contributed by atoms with Crippen molar-refractivity contribution in [2.24, 2.45) is 0 Å². The SMILES string of the molecule is Cl.O=[N+]([O-])c1cc2c(cc1S(=O)(=O)NC1CCNC1)OCCO2. The number of nitro groups is 1. The molecule has 0 aliphatic carbocycles. The highest BCUT2D eigenvalue weighted by Crippen LogP contribution is 2.38. The maximum absolute atomic E-state index is 12.5. The molecule has 2 N–H and O–H groups in total. The first-order valence-electron chi connectivity index (χ1n) is 6.78. The minimum absolute atomic E-state index is 0. The highest BCUT2D eigenvalue weighted by atomic mass is 35.5. The van der Waals surface area contributed by atoms with Crippen LogP contribution in [0.3, 0.4) is 0 Å². The van der Waals surface area contributed by atoms with Crippen LogP contribution >= 0.6 is 12.4 Å². The van der Waals surface area contributed by atoms with Gasteiger partial charge in [0.2, 0.25) is 10.0 Å². The van der Waals surface area contributed by atoms with Crippen molar-refractivity contribution >= 4 is 28.1 Å². The third kappa shape index (κ3) is 3.66. The van der Waals surface area contributed by atoms with Gasteiger partial charge in [0.15, 0.2) is 16.4 Å². The molecule has 1 saturated heterocycles. The van der Waals surface area contributed by atoms with Gasteiger partial charge in [0.1, 0.15) is 13.2 Å². The zero-order valence-electron chi connectivity index (χ0n) is 12.0. The van der Waals surface area contributed by atoms with E-state index in [1.807, 2.05) is 0 Å². The molecule has 2 heterocycles. The molecular formula is C12H16ClN3O6S. The molecule has 1 unspecified atom stereocenters. The molecule has 1 aromatic carbocycles. The standard InChI is InChI=1S/C12H15N3O6S.ClH/c16-15(17)9-5-10-11(21-4-3-20-10)6-12(9)22(18,19)14-8-1-2-13-7-8;/h5-6,8,13-14H,1-4,7H2;1H. The summed E-state index contributed by atoms with van der Waals surface area (Å²) in [5, 5.41) is 14.2. The zero-order valence-corrected chi connectivity index (χ0v) is 13.6. The van der Waals surface area contributed by atoms with Crippen molar-refractivity contribution in [2.45, 2.75) is 17.4 Å². The second-order valence-electron chi connectivity index (χ2n) is 5.03. The van der Waals surface area contributed by atoms with E-state index < -0.39 is 25.5 Å². The van der Waals surface area contributed by atoms with Crippen LogP contribution in [0.5, 0.6) is 11.5 Å². The van der Waals surface area contributed by atoms with E-state index in [0.29, 0.717) is 19.5 Å². The first-order chi connectivity index (χ1) is 10.5. The molecule has 0 aromatic heterocycles. The molecule has 2 aliphatic heterocycles. The van der Waals surface area contributed by atoms with Gasteiger partial charge < -0.3 is 14.8 Å². The lowest BCUT2D eigenvalue weighted by atomic mass is 10.2. The number of ether oxygens (including phenoxy) is 2. The number of nitrogens with one attached hydrogen (secondary N) is 2. The van der Waals surface area contributed by atoms with E-state index in [2.05, 4.69) is 10.0 Å². The van der Waals surface area contributed by atoms with Gasteiger partial charge in [-0.2, -0.15) is 0 Å². The molecule has 0 spiro atoms. The zero-order chi connectivity index (χ0) is 15.7. The lowest BCUT2D eigenvalue weighted by Crippen LogP contribution is -2.36. The molecule has 128 valence electrons. The minimum atomic E-state index is -4.02. The van der Waals surface area contributed by atoms with Crippen molar-refractivity contribution in [3.63, 3.8) is 0 Å². The summed E-state index contributed by atoms with van der Waals surface area (Å²) < 4.78 is 38.0. The normalized spacial score (nSPS) is 19.9. The van der Waals surface area contributed by atoms with Gasteiger partial charge in [-0.15, -0.1) is 12.4 Å². The summed E-state index contributed by atoms with van der Waals surface area (Å²) in [6, 6.07) is 1.96. The fourth-order valence-electron chi connectivity index (χ4n) is 2.46. The van der Waals surface area contributed by atoms with Crippen LogP contribution in [0, 0.1) is 10.1 Å². The number of nitrogens with zero attached hydrogens (tertiary/aromatic N) is 1. The Morgan fingerprint density at radius 2 is 1.91 bits per heavy atom. The molecule has 0 amide bonds. The second-order valence-corrected chi connectivity index (χ2v) is 6.71. The number of fused-ring (bicyclic) bond motifs is 1. The van der Waals surface area contributed by atoms with E-state index in [1.54, 1.807) is 0 Å². The summed E-state index contributed by atoms with van der Waals surface area (Å²) in [6.07, 6.45) is 0.636. The molecule has 1 fully saturated rings. The summed E-state index contributed by atoms with van der Waals surface area (Å²) in [7, 11) is -4.02. The van der Waals surface area contributed by atoms with Crippen LogP contribution < -0.4 is 19.5 Å². The van der Waals surface area contributed by atoms with Crippen LogP contribution in [0.25, 0.3) is 0 Å². The predicted molar refractivity (Wildman–Crippen MR) is 82.9 cm³/mol.